The van der Waals surface area contributed by atoms with Gasteiger partial charge in [0.05, 0.1) is 5.60 Å². The molecule has 1 aromatic heterocycles. The summed E-state index contributed by atoms with van der Waals surface area (Å²) in [6.45, 7) is 2.91. The van der Waals surface area contributed by atoms with Crippen LogP contribution in [0, 0.1) is 0 Å². The van der Waals surface area contributed by atoms with E-state index in [2.05, 4.69) is 36.4 Å². The number of likely N-dealkylation sites (N-methyl/N-ethyl adjacent to an activating group) is 1. The Morgan fingerprint density at radius 1 is 1.26 bits per heavy atom. The molecule has 0 spiro atoms. The quantitative estimate of drug-likeness (QED) is 0.856. The van der Waals surface area contributed by atoms with E-state index < -0.39 is 0 Å². The molecular weight excluding hydrogens is 236 g/mol. The van der Waals surface area contributed by atoms with Gasteiger partial charge in [-0.3, -0.25) is 4.98 Å². The SMILES string of the molecule is CCOC1(C(Cc2ccncc2)NC)CCCCC1. The average molecular weight is 262 g/mol. The molecule has 1 N–H and O–H groups in total. The standard InChI is InChI=1S/C16H26N2O/c1-3-19-16(9-5-4-6-10-16)15(17-2)13-14-7-11-18-12-8-14/h7-8,11-12,15,17H,3-6,9-10,13H2,1-2H3. The van der Waals surface area contributed by atoms with Crippen LogP contribution in [0.4, 0.5) is 0 Å². The third kappa shape index (κ3) is 3.54. The molecule has 19 heavy (non-hydrogen) atoms. The monoisotopic (exact) mass is 262 g/mol. The van der Waals surface area contributed by atoms with Gasteiger partial charge >= 0.3 is 0 Å². The lowest BCUT2D eigenvalue weighted by atomic mass is 9.77. The van der Waals surface area contributed by atoms with Crippen LogP contribution < -0.4 is 5.32 Å². The van der Waals surface area contributed by atoms with Gasteiger partial charge in [-0.25, -0.2) is 0 Å². The van der Waals surface area contributed by atoms with Crippen LogP contribution in [0.3, 0.4) is 0 Å². The Labute approximate surface area is 116 Å². The molecule has 2 rings (SSSR count). The molecule has 1 unspecified atom stereocenters. The van der Waals surface area contributed by atoms with Crippen molar-refractivity contribution >= 4 is 0 Å². The molecule has 1 saturated carbocycles. The Morgan fingerprint density at radius 3 is 2.53 bits per heavy atom. The molecule has 0 aromatic carbocycles. The Hall–Kier alpha value is -0.930. The molecule has 1 atom stereocenters. The second-order valence-corrected chi connectivity index (χ2v) is 5.46. The fourth-order valence-corrected chi connectivity index (χ4v) is 3.34. The summed E-state index contributed by atoms with van der Waals surface area (Å²) < 4.78 is 6.22. The van der Waals surface area contributed by atoms with Gasteiger partial charge in [-0.05, 0) is 50.9 Å². The van der Waals surface area contributed by atoms with Crippen LogP contribution in [-0.2, 0) is 11.2 Å². The minimum atomic E-state index is 0.0189. The Morgan fingerprint density at radius 2 is 1.95 bits per heavy atom. The summed E-state index contributed by atoms with van der Waals surface area (Å²) in [5.74, 6) is 0. The first kappa shape index (κ1) is 14.5. The van der Waals surface area contributed by atoms with Gasteiger partial charge in [0.1, 0.15) is 0 Å². The van der Waals surface area contributed by atoms with E-state index in [-0.39, 0.29) is 5.60 Å². The van der Waals surface area contributed by atoms with Crippen molar-refractivity contribution in [2.24, 2.45) is 0 Å². The van der Waals surface area contributed by atoms with Crippen LogP contribution in [0.15, 0.2) is 24.5 Å². The number of hydrogen-bond acceptors (Lipinski definition) is 3. The van der Waals surface area contributed by atoms with Gasteiger partial charge in [0.2, 0.25) is 0 Å². The van der Waals surface area contributed by atoms with Crippen LogP contribution in [-0.4, -0.2) is 30.3 Å². The van der Waals surface area contributed by atoms with E-state index in [0.29, 0.717) is 6.04 Å². The molecule has 3 heteroatoms. The number of nitrogens with zero attached hydrogens (tertiary/aromatic N) is 1. The molecule has 0 aliphatic heterocycles. The van der Waals surface area contributed by atoms with Gasteiger partial charge in [0.15, 0.2) is 0 Å². The molecule has 106 valence electrons. The van der Waals surface area contributed by atoms with Gasteiger partial charge < -0.3 is 10.1 Å². The second-order valence-electron chi connectivity index (χ2n) is 5.46. The summed E-state index contributed by atoms with van der Waals surface area (Å²) >= 11 is 0. The molecule has 1 fully saturated rings. The van der Waals surface area contributed by atoms with Crippen molar-refractivity contribution in [3.05, 3.63) is 30.1 Å². The highest BCUT2D eigenvalue weighted by molar-refractivity contribution is 5.14. The maximum Gasteiger partial charge on any atom is 0.0837 e. The molecule has 3 nitrogen and oxygen atoms in total. The fourth-order valence-electron chi connectivity index (χ4n) is 3.34. The minimum absolute atomic E-state index is 0.0189. The molecule has 0 radical (unpaired) electrons. The predicted octanol–water partition coefficient (Wildman–Crippen LogP) is 2.95. The van der Waals surface area contributed by atoms with Gasteiger partial charge in [-0.1, -0.05) is 19.3 Å². The van der Waals surface area contributed by atoms with E-state index in [4.69, 9.17) is 4.74 Å². The second kappa shape index (κ2) is 7.01. The largest absolute Gasteiger partial charge is 0.374 e. The number of hydrogen-bond donors (Lipinski definition) is 1. The summed E-state index contributed by atoms with van der Waals surface area (Å²) in [6.07, 6.45) is 11.0. The lowest BCUT2D eigenvalue weighted by molar-refractivity contribution is -0.0883. The summed E-state index contributed by atoms with van der Waals surface area (Å²) in [7, 11) is 2.06. The Kier molecular flexibility index (Phi) is 5.34. The summed E-state index contributed by atoms with van der Waals surface area (Å²) in [6, 6.07) is 4.59. The molecule has 1 aliphatic rings. The van der Waals surface area contributed by atoms with Gasteiger partial charge in [0, 0.05) is 25.0 Å². The molecular formula is C16H26N2O. The predicted molar refractivity (Wildman–Crippen MR) is 78.2 cm³/mol. The summed E-state index contributed by atoms with van der Waals surface area (Å²) in [4.78, 5) is 4.09. The van der Waals surface area contributed by atoms with Crippen molar-refractivity contribution in [1.29, 1.82) is 0 Å². The molecule has 1 heterocycles. The normalized spacial score (nSPS) is 20.1. The van der Waals surface area contributed by atoms with Crippen molar-refractivity contribution in [2.45, 2.75) is 57.1 Å². The van der Waals surface area contributed by atoms with Gasteiger partial charge in [0.25, 0.3) is 0 Å². The molecule has 1 aliphatic carbocycles. The number of ether oxygens (including phenoxy) is 1. The van der Waals surface area contributed by atoms with Crippen molar-refractivity contribution in [3.63, 3.8) is 0 Å². The first-order chi connectivity index (χ1) is 9.30. The van der Waals surface area contributed by atoms with E-state index in [9.17, 15) is 0 Å². The topological polar surface area (TPSA) is 34.1 Å². The smallest absolute Gasteiger partial charge is 0.0837 e. The van der Waals surface area contributed by atoms with Crippen molar-refractivity contribution < 1.29 is 4.74 Å². The third-order valence-electron chi connectivity index (χ3n) is 4.30. The van der Waals surface area contributed by atoms with Crippen molar-refractivity contribution in [2.75, 3.05) is 13.7 Å². The highest BCUT2D eigenvalue weighted by atomic mass is 16.5. The zero-order valence-corrected chi connectivity index (χ0v) is 12.2. The number of aromatic nitrogens is 1. The lowest BCUT2D eigenvalue weighted by Crippen LogP contribution is -2.53. The van der Waals surface area contributed by atoms with E-state index >= 15 is 0 Å². The maximum atomic E-state index is 6.22. The van der Waals surface area contributed by atoms with E-state index in [1.165, 1.54) is 37.7 Å². The number of nitrogens with one attached hydrogen (secondary N) is 1. The maximum absolute atomic E-state index is 6.22. The first-order valence-corrected chi connectivity index (χ1v) is 7.51. The Balaban J connectivity index is 2.12. The van der Waals surface area contributed by atoms with Crippen LogP contribution in [0.2, 0.25) is 0 Å². The van der Waals surface area contributed by atoms with Gasteiger partial charge in [-0.15, -0.1) is 0 Å². The highest BCUT2D eigenvalue weighted by Gasteiger charge is 2.39. The number of rotatable bonds is 6. The lowest BCUT2D eigenvalue weighted by Gasteiger charge is -2.43. The van der Waals surface area contributed by atoms with Gasteiger partial charge in [-0.2, -0.15) is 0 Å². The average Bonchev–Trinajstić information content (AvgIpc) is 2.47. The van der Waals surface area contributed by atoms with E-state index in [1.807, 2.05) is 12.4 Å². The van der Waals surface area contributed by atoms with E-state index in [0.717, 1.165) is 13.0 Å². The van der Waals surface area contributed by atoms with Crippen molar-refractivity contribution in [3.8, 4) is 0 Å². The zero-order chi connectivity index (χ0) is 13.6. The van der Waals surface area contributed by atoms with Crippen molar-refractivity contribution in [1.82, 2.24) is 10.3 Å². The summed E-state index contributed by atoms with van der Waals surface area (Å²) in [5, 5.41) is 3.50. The molecule has 0 bridgehead atoms. The molecule has 0 amide bonds. The molecule has 1 aromatic rings. The first-order valence-electron chi connectivity index (χ1n) is 7.51. The third-order valence-corrected chi connectivity index (χ3v) is 4.30. The highest BCUT2D eigenvalue weighted by Crippen LogP contribution is 2.35. The van der Waals surface area contributed by atoms with Crippen LogP contribution in [0.1, 0.15) is 44.6 Å². The van der Waals surface area contributed by atoms with E-state index in [1.54, 1.807) is 0 Å². The summed E-state index contributed by atoms with van der Waals surface area (Å²) in [5.41, 5.74) is 1.35. The Bertz CT molecular complexity index is 355. The van der Waals surface area contributed by atoms with Crippen LogP contribution in [0.25, 0.3) is 0 Å². The zero-order valence-electron chi connectivity index (χ0n) is 12.2. The van der Waals surface area contributed by atoms with Crippen LogP contribution >= 0.6 is 0 Å². The van der Waals surface area contributed by atoms with Crippen LogP contribution in [0.5, 0.6) is 0 Å². The number of pyridine rings is 1. The minimum Gasteiger partial charge on any atom is -0.374 e. The fraction of sp³-hybridized carbons (Fsp3) is 0.688. The molecule has 0 saturated heterocycles.